The molecule has 1 amide bonds. The lowest BCUT2D eigenvalue weighted by Gasteiger charge is -2.24. The van der Waals surface area contributed by atoms with Crippen LogP contribution in [0.4, 0.5) is 0 Å². The number of carbonyl (C=O) groups is 2. The van der Waals surface area contributed by atoms with Gasteiger partial charge in [0.15, 0.2) is 0 Å². The van der Waals surface area contributed by atoms with Gasteiger partial charge in [0.05, 0.1) is 5.92 Å². The third-order valence-electron chi connectivity index (χ3n) is 3.44. The molecule has 1 heterocycles. The van der Waals surface area contributed by atoms with Crippen molar-refractivity contribution in [1.29, 1.82) is 0 Å². The van der Waals surface area contributed by atoms with Gasteiger partial charge >= 0.3 is 5.97 Å². The quantitative estimate of drug-likeness (QED) is 0.775. The summed E-state index contributed by atoms with van der Waals surface area (Å²) in [5.74, 6) is -0.678. The van der Waals surface area contributed by atoms with E-state index in [9.17, 15) is 9.59 Å². The molecule has 0 aliphatic carbocycles. The fourth-order valence-electron chi connectivity index (χ4n) is 2.30. The van der Waals surface area contributed by atoms with Crippen LogP contribution in [0, 0.1) is 11.8 Å². The first kappa shape index (κ1) is 14.0. The molecule has 1 saturated heterocycles. The zero-order chi connectivity index (χ0) is 13.0. The van der Waals surface area contributed by atoms with E-state index in [1.807, 2.05) is 6.92 Å². The van der Waals surface area contributed by atoms with E-state index in [1.165, 1.54) is 0 Å². The Labute approximate surface area is 103 Å². The Balaban J connectivity index is 2.39. The molecule has 0 bridgehead atoms. The number of carboxylic acid groups (broad SMARTS) is 1. The summed E-state index contributed by atoms with van der Waals surface area (Å²) in [7, 11) is 0. The van der Waals surface area contributed by atoms with Crippen molar-refractivity contribution in [3.05, 3.63) is 0 Å². The van der Waals surface area contributed by atoms with Crippen LogP contribution in [-0.2, 0) is 9.59 Å². The average molecular weight is 241 g/mol. The normalized spacial score (nSPS) is 22.2. The fourth-order valence-corrected chi connectivity index (χ4v) is 2.30. The van der Waals surface area contributed by atoms with Gasteiger partial charge in [0.2, 0.25) is 5.91 Å². The van der Waals surface area contributed by atoms with E-state index in [0.717, 1.165) is 19.3 Å². The van der Waals surface area contributed by atoms with Crippen molar-refractivity contribution in [2.45, 2.75) is 52.5 Å². The second-order valence-corrected chi connectivity index (χ2v) is 5.46. The molecule has 4 heteroatoms. The lowest BCUT2D eigenvalue weighted by molar-refractivity contribution is -0.141. The highest BCUT2D eigenvalue weighted by Crippen LogP contribution is 2.23. The first-order valence-electron chi connectivity index (χ1n) is 6.44. The summed E-state index contributed by atoms with van der Waals surface area (Å²) < 4.78 is 0. The summed E-state index contributed by atoms with van der Waals surface area (Å²) >= 11 is 0. The molecular formula is C13H23NO3. The molecule has 1 N–H and O–H groups in total. The second kappa shape index (κ2) is 6.03. The van der Waals surface area contributed by atoms with Crippen molar-refractivity contribution < 1.29 is 14.7 Å². The van der Waals surface area contributed by atoms with Crippen LogP contribution >= 0.6 is 0 Å². The highest BCUT2D eigenvalue weighted by molar-refractivity contribution is 5.86. The highest BCUT2D eigenvalue weighted by Gasteiger charge is 2.36. The standard InChI is InChI=1S/C13H23NO3/c1-9(2)5-4-6-10(3)14-8-11(13(16)17)7-12(14)15/h9-11H,4-8H2,1-3H3,(H,16,17)/t10-,11-/m1/s1. The molecule has 0 unspecified atom stereocenters. The number of likely N-dealkylation sites (tertiary alicyclic amines) is 1. The smallest absolute Gasteiger partial charge is 0.308 e. The van der Waals surface area contributed by atoms with Gasteiger partial charge in [-0.25, -0.2) is 0 Å². The van der Waals surface area contributed by atoms with Crippen LogP contribution in [0.15, 0.2) is 0 Å². The number of nitrogens with zero attached hydrogens (tertiary/aromatic N) is 1. The van der Waals surface area contributed by atoms with Crippen molar-refractivity contribution in [1.82, 2.24) is 4.90 Å². The number of carbonyl (C=O) groups excluding carboxylic acids is 1. The summed E-state index contributed by atoms with van der Waals surface area (Å²) in [6.45, 7) is 6.78. The predicted molar refractivity (Wildman–Crippen MR) is 65.6 cm³/mol. The molecular weight excluding hydrogens is 218 g/mol. The molecule has 98 valence electrons. The molecule has 1 aliphatic heterocycles. The summed E-state index contributed by atoms with van der Waals surface area (Å²) in [4.78, 5) is 24.3. The van der Waals surface area contributed by atoms with Crippen LogP contribution < -0.4 is 0 Å². The number of aliphatic carboxylic acids is 1. The first-order valence-corrected chi connectivity index (χ1v) is 6.44. The van der Waals surface area contributed by atoms with E-state index in [-0.39, 0.29) is 18.4 Å². The fraction of sp³-hybridized carbons (Fsp3) is 0.846. The summed E-state index contributed by atoms with van der Waals surface area (Å²) in [5.41, 5.74) is 0. The molecule has 0 aromatic carbocycles. The molecule has 1 aliphatic rings. The van der Waals surface area contributed by atoms with E-state index in [1.54, 1.807) is 4.90 Å². The Morgan fingerprint density at radius 1 is 1.41 bits per heavy atom. The number of hydrogen-bond donors (Lipinski definition) is 1. The number of rotatable bonds is 6. The topological polar surface area (TPSA) is 57.6 Å². The lowest BCUT2D eigenvalue weighted by Crippen LogP contribution is -2.35. The van der Waals surface area contributed by atoms with E-state index in [0.29, 0.717) is 12.5 Å². The zero-order valence-corrected chi connectivity index (χ0v) is 11.0. The second-order valence-electron chi connectivity index (χ2n) is 5.46. The highest BCUT2D eigenvalue weighted by atomic mass is 16.4. The Morgan fingerprint density at radius 3 is 2.53 bits per heavy atom. The molecule has 0 aromatic rings. The maximum absolute atomic E-state index is 11.7. The maximum atomic E-state index is 11.7. The molecule has 4 nitrogen and oxygen atoms in total. The summed E-state index contributed by atoms with van der Waals surface area (Å²) in [5, 5.41) is 8.90. The molecule has 0 radical (unpaired) electrons. The van der Waals surface area contributed by atoms with Gasteiger partial charge in [-0.15, -0.1) is 0 Å². The van der Waals surface area contributed by atoms with Crippen molar-refractivity contribution in [3.8, 4) is 0 Å². The third kappa shape index (κ3) is 4.02. The van der Waals surface area contributed by atoms with Crippen LogP contribution in [-0.4, -0.2) is 34.5 Å². The van der Waals surface area contributed by atoms with Crippen molar-refractivity contribution >= 4 is 11.9 Å². The van der Waals surface area contributed by atoms with Crippen LogP contribution in [0.3, 0.4) is 0 Å². The van der Waals surface area contributed by atoms with E-state index in [4.69, 9.17) is 5.11 Å². The predicted octanol–water partition coefficient (Wildman–Crippen LogP) is 2.13. The number of carboxylic acids is 1. The van der Waals surface area contributed by atoms with Gasteiger partial charge in [0.25, 0.3) is 0 Å². The zero-order valence-electron chi connectivity index (χ0n) is 11.0. The Hall–Kier alpha value is -1.06. The monoisotopic (exact) mass is 241 g/mol. The van der Waals surface area contributed by atoms with Gasteiger partial charge in [0.1, 0.15) is 0 Å². The van der Waals surface area contributed by atoms with Crippen molar-refractivity contribution in [2.24, 2.45) is 11.8 Å². The van der Waals surface area contributed by atoms with Gasteiger partial charge in [0, 0.05) is 19.0 Å². The Kier molecular flexibility index (Phi) is 4.97. The van der Waals surface area contributed by atoms with E-state index in [2.05, 4.69) is 13.8 Å². The minimum Gasteiger partial charge on any atom is -0.481 e. The Morgan fingerprint density at radius 2 is 2.06 bits per heavy atom. The molecule has 1 fully saturated rings. The number of amides is 1. The van der Waals surface area contributed by atoms with Gasteiger partial charge in [-0.05, 0) is 19.3 Å². The van der Waals surface area contributed by atoms with Crippen LogP contribution in [0.2, 0.25) is 0 Å². The molecule has 17 heavy (non-hydrogen) atoms. The SMILES string of the molecule is CC(C)CCC[C@@H](C)N1C[C@H](C(=O)O)CC1=O. The minimum atomic E-state index is -0.852. The Bertz CT molecular complexity index is 288. The maximum Gasteiger partial charge on any atom is 0.308 e. The molecule has 2 atom stereocenters. The molecule has 0 saturated carbocycles. The summed E-state index contributed by atoms with van der Waals surface area (Å²) in [6, 6.07) is 0.172. The summed E-state index contributed by atoms with van der Waals surface area (Å²) in [6.07, 6.45) is 3.40. The van der Waals surface area contributed by atoms with Crippen LogP contribution in [0.25, 0.3) is 0 Å². The van der Waals surface area contributed by atoms with E-state index < -0.39 is 11.9 Å². The van der Waals surface area contributed by atoms with Gasteiger partial charge in [-0.1, -0.05) is 26.7 Å². The lowest BCUT2D eigenvalue weighted by atomic mass is 10.0. The minimum absolute atomic E-state index is 0.00514. The van der Waals surface area contributed by atoms with Crippen molar-refractivity contribution in [2.75, 3.05) is 6.54 Å². The largest absolute Gasteiger partial charge is 0.481 e. The molecule has 0 aromatic heterocycles. The average Bonchev–Trinajstić information content (AvgIpc) is 2.59. The molecule has 1 rings (SSSR count). The van der Waals surface area contributed by atoms with E-state index >= 15 is 0 Å². The van der Waals surface area contributed by atoms with Crippen molar-refractivity contribution in [3.63, 3.8) is 0 Å². The van der Waals surface area contributed by atoms with Gasteiger partial charge in [-0.2, -0.15) is 0 Å². The number of hydrogen-bond acceptors (Lipinski definition) is 2. The van der Waals surface area contributed by atoms with Gasteiger partial charge in [-0.3, -0.25) is 9.59 Å². The van der Waals surface area contributed by atoms with Crippen LogP contribution in [0.1, 0.15) is 46.5 Å². The first-order chi connectivity index (χ1) is 7.91. The molecule has 0 spiro atoms. The third-order valence-corrected chi connectivity index (χ3v) is 3.44. The van der Waals surface area contributed by atoms with Gasteiger partial charge < -0.3 is 10.0 Å². The van der Waals surface area contributed by atoms with Crippen LogP contribution in [0.5, 0.6) is 0 Å².